The minimum absolute atomic E-state index is 0. The molecule has 0 bridgehead atoms. The molecule has 1 saturated heterocycles. The molecule has 0 amide bonds. The second-order valence-electron chi connectivity index (χ2n) is 5.67. The normalized spacial score (nSPS) is 27.6. The summed E-state index contributed by atoms with van der Waals surface area (Å²) in [5.74, 6) is 1.35. The second-order valence-corrected chi connectivity index (χ2v) is 7.76. The van der Waals surface area contributed by atoms with Crippen molar-refractivity contribution in [3.8, 4) is 0 Å². The van der Waals surface area contributed by atoms with Crippen LogP contribution in [0.1, 0.15) is 39.0 Å². The number of halogens is 1. The fraction of sp³-hybridized carbons (Fsp3) is 1.00. The van der Waals surface area contributed by atoms with Crippen LogP contribution >= 0.6 is 12.4 Å². The lowest BCUT2D eigenvalue weighted by Crippen LogP contribution is -2.45. The summed E-state index contributed by atoms with van der Waals surface area (Å²) in [4.78, 5) is 0. The van der Waals surface area contributed by atoms with E-state index >= 15 is 0 Å². The molecule has 1 saturated carbocycles. The number of nitrogens with zero attached hydrogens (tertiary/aromatic N) is 1. The van der Waals surface area contributed by atoms with Crippen molar-refractivity contribution in [3.63, 3.8) is 0 Å². The molecule has 2 N–H and O–H groups in total. The molecule has 1 aliphatic carbocycles. The third-order valence-corrected chi connectivity index (χ3v) is 5.91. The highest BCUT2D eigenvalue weighted by atomic mass is 35.5. The SMILES string of the molecule is CC(N)C1CCCN(S(=O)(=O)CCC2CC2)C1.Cl. The Morgan fingerprint density at radius 1 is 1.33 bits per heavy atom. The summed E-state index contributed by atoms with van der Waals surface area (Å²) in [7, 11) is -3.03. The van der Waals surface area contributed by atoms with Gasteiger partial charge in [0.15, 0.2) is 0 Å². The Bertz CT molecular complexity index is 355. The van der Waals surface area contributed by atoms with Gasteiger partial charge >= 0.3 is 0 Å². The van der Waals surface area contributed by atoms with Crippen LogP contribution in [0, 0.1) is 11.8 Å². The van der Waals surface area contributed by atoms with Crippen LogP contribution in [-0.4, -0.2) is 37.6 Å². The van der Waals surface area contributed by atoms with Crippen LogP contribution in [0.2, 0.25) is 0 Å². The third kappa shape index (κ3) is 4.37. The molecule has 2 aliphatic rings. The van der Waals surface area contributed by atoms with E-state index in [1.165, 1.54) is 12.8 Å². The molecule has 0 aromatic heterocycles. The first-order chi connectivity index (χ1) is 7.99. The van der Waals surface area contributed by atoms with Gasteiger partial charge in [0.1, 0.15) is 0 Å². The molecule has 0 aromatic carbocycles. The molecule has 2 fully saturated rings. The zero-order valence-electron chi connectivity index (χ0n) is 11.0. The Hall–Kier alpha value is 0.160. The maximum atomic E-state index is 12.2. The predicted molar refractivity (Wildman–Crippen MR) is 76.3 cm³/mol. The summed E-state index contributed by atoms with van der Waals surface area (Å²) < 4.78 is 26.0. The van der Waals surface area contributed by atoms with Gasteiger partial charge in [-0.2, -0.15) is 0 Å². The van der Waals surface area contributed by atoms with Gasteiger partial charge < -0.3 is 5.73 Å². The van der Waals surface area contributed by atoms with Gasteiger partial charge in [0, 0.05) is 19.1 Å². The smallest absolute Gasteiger partial charge is 0.214 e. The van der Waals surface area contributed by atoms with Crippen LogP contribution in [0.5, 0.6) is 0 Å². The van der Waals surface area contributed by atoms with E-state index in [0.29, 0.717) is 30.7 Å². The Balaban J connectivity index is 0.00000162. The van der Waals surface area contributed by atoms with Gasteiger partial charge in [-0.25, -0.2) is 12.7 Å². The van der Waals surface area contributed by atoms with Gasteiger partial charge in [-0.05, 0) is 38.0 Å². The van der Waals surface area contributed by atoms with Crippen molar-refractivity contribution in [2.75, 3.05) is 18.8 Å². The fourth-order valence-electron chi connectivity index (χ4n) is 2.51. The third-order valence-electron chi connectivity index (χ3n) is 4.04. The van der Waals surface area contributed by atoms with E-state index in [2.05, 4.69) is 0 Å². The van der Waals surface area contributed by atoms with Crippen LogP contribution in [0.25, 0.3) is 0 Å². The van der Waals surface area contributed by atoms with E-state index in [1.807, 2.05) is 6.92 Å². The minimum atomic E-state index is -3.03. The zero-order chi connectivity index (χ0) is 12.5. The lowest BCUT2D eigenvalue weighted by Gasteiger charge is -2.33. The highest BCUT2D eigenvalue weighted by Gasteiger charge is 2.32. The summed E-state index contributed by atoms with van der Waals surface area (Å²) in [6.07, 6.45) is 5.30. The van der Waals surface area contributed by atoms with Crippen molar-refractivity contribution in [2.24, 2.45) is 17.6 Å². The summed E-state index contributed by atoms with van der Waals surface area (Å²) in [5, 5.41) is 0. The predicted octanol–water partition coefficient (Wildman–Crippen LogP) is 1.60. The average Bonchev–Trinajstić information content (AvgIpc) is 3.10. The number of rotatable bonds is 5. The first kappa shape index (κ1) is 16.2. The molecule has 2 rings (SSSR count). The molecule has 1 aliphatic heterocycles. The summed E-state index contributed by atoms with van der Waals surface area (Å²) in [6, 6.07) is 0.0939. The number of hydrogen-bond donors (Lipinski definition) is 1. The van der Waals surface area contributed by atoms with Crippen molar-refractivity contribution in [2.45, 2.75) is 45.1 Å². The van der Waals surface area contributed by atoms with E-state index in [9.17, 15) is 8.42 Å². The van der Waals surface area contributed by atoms with Crippen LogP contribution in [0.4, 0.5) is 0 Å². The van der Waals surface area contributed by atoms with Gasteiger partial charge in [0.2, 0.25) is 10.0 Å². The van der Waals surface area contributed by atoms with E-state index < -0.39 is 10.0 Å². The van der Waals surface area contributed by atoms with E-state index in [0.717, 1.165) is 19.3 Å². The first-order valence-electron chi connectivity index (χ1n) is 6.72. The highest BCUT2D eigenvalue weighted by Crippen LogP contribution is 2.33. The Morgan fingerprint density at radius 2 is 2.00 bits per heavy atom. The maximum absolute atomic E-state index is 12.2. The molecular weight excluding hydrogens is 272 g/mol. The van der Waals surface area contributed by atoms with Gasteiger partial charge in [-0.3, -0.25) is 0 Å². The fourth-order valence-corrected chi connectivity index (χ4v) is 4.22. The second kappa shape index (κ2) is 6.55. The number of hydrogen-bond acceptors (Lipinski definition) is 3. The average molecular weight is 297 g/mol. The van der Waals surface area contributed by atoms with Crippen LogP contribution in [0.15, 0.2) is 0 Å². The molecule has 2 unspecified atom stereocenters. The van der Waals surface area contributed by atoms with Crippen molar-refractivity contribution in [3.05, 3.63) is 0 Å². The van der Waals surface area contributed by atoms with Gasteiger partial charge in [-0.1, -0.05) is 12.8 Å². The summed E-state index contributed by atoms with van der Waals surface area (Å²) >= 11 is 0. The van der Waals surface area contributed by atoms with Crippen LogP contribution < -0.4 is 5.73 Å². The lowest BCUT2D eigenvalue weighted by molar-refractivity contribution is 0.243. The molecule has 108 valence electrons. The molecule has 0 spiro atoms. The molecule has 2 atom stereocenters. The molecular formula is C12H25ClN2O2S. The highest BCUT2D eigenvalue weighted by molar-refractivity contribution is 7.89. The van der Waals surface area contributed by atoms with Crippen molar-refractivity contribution in [1.82, 2.24) is 4.31 Å². The van der Waals surface area contributed by atoms with Crippen molar-refractivity contribution >= 4 is 22.4 Å². The molecule has 1 heterocycles. The Morgan fingerprint density at radius 3 is 2.56 bits per heavy atom. The maximum Gasteiger partial charge on any atom is 0.214 e. The molecule has 18 heavy (non-hydrogen) atoms. The number of nitrogens with two attached hydrogens (primary N) is 1. The minimum Gasteiger partial charge on any atom is -0.328 e. The summed E-state index contributed by atoms with van der Waals surface area (Å²) in [5.41, 5.74) is 5.88. The number of piperidine rings is 1. The molecule has 4 nitrogen and oxygen atoms in total. The van der Waals surface area contributed by atoms with Crippen molar-refractivity contribution in [1.29, 1.82) is 0 Å². The van der Waals surface area contributed by atoms with Gasteiger partial charge in [0.25, 0.3) is 0 Å². The van der Waals surface area contributed by atoms with Gasteiger partial charge in [-0.15, -0.1) is 12.4 Å². The first-order valence-corrected chi connectivity index (χ1v) is 8.33. The van der Waals surface area contributed by atoms with Crippen molar-refractivity contribution < 1.29 is 8.42 Å². The van der Waals surface area contributed by atoms with E-state index in [4.69, 9.17) is 5.73 Å². The number of sulfonamides is 1. The van der Waals surface area contributed by atoms with Gasteiger partial charge in [0.05, 0.1) is 5.75 Å². The Kier molecular flexibility index (Phi) is 5.90. The van der Waals surface area contributed by atoms with Crippen LogP contribution in [-0.2, 0) is 10.0 Å². The Labute approximate surface area is 117 Å². The molecule has 0 aromatic rings. The topological polar surface area (TPSA) is 63.4 Å². The molecule has 6 heteroatoms. The molecule has 0 radical (unpaired) electrons. The zero-order valence-corrected chi connectivity index (χ0v) is 12.7. The summed E-state index contributed by atoms with van der Waals surface area (Å²) in [6.45, 7) is 3.30. The lowest BCUT2D eigenvalue weighted by atomic mass is 9.93. The van der Waals surface area contributed by atoms with Crippen LogP contribution in [0.3, 0.4) is 0 Å². The largest absolute Gasteiger partial charge is 0.328 e. The van der Waals surface area contributed by atoms with E-state index in [-0.39, 0.29) is 18.4 Å². The monoisotopic (exact) mass is 296 g/mol. The van der Waals surface area contributed by atoms with E-state index in [1.54, 1.807) is 4.31 Å². The quantitative estimate of drug-likeness (QED) is 0.838. The standard InChI is InChI=1S/C12H24N2O2S.ClH/c1-10(13)12-3-2-7-14(9-12)17(15,16)8-6-11-4-5-11;/h10-12H,2-9,13H2,1H3;1H.